The minimum absolute atomic E-state index is 0.191. The lowest BCUT2D eigenvalue weighted by atomic mass is 10.0. The van der Waals surface area contributed by atoms with Crippen molar-refractivity contribution < 1.29 is 4.79 Å². The first-order chi connectivity index (χ1) is 13.1. The Bertz CT molecular complexity index is 958. The van der Waals surface area contributed by atoms with Crippen LogP contribution in [0.5, 0.6) is 0 Å². The number of benzene rings is 1. The fourth-order valence-electron chi connectivity index (χ4n) is 3.58. The van der Waals surface area contributed by atoms with E-state index in [1.165, 1.54) is 24.9 Å². The molecule has 1 aliphatic heterocycles. The molecule has 1 fully saturated rings. The largest absolute Gasteiger partial charge is 0.371 e. The maximum Gasteiger partial charge on any atom is 0.272 e. The number of anilines is 1. The summed E-state index contributed by atoms with van der Waals surface area (Å²) in [5.41, 5.74) is 4.37. The molecular formula is C20H24N6O. The normalized spacial score (nSPS) is 14.3. The van der Waals surface area contributed by atoms with E-state index < -0.39 is 0 Å². The maximum atomic E-state index is 12.7. The van der Waals surface area contributed by atoms with Gasteiger partial charge < -0.3 is 10.2 Å². The lowest BCUT2D eigenvalue weighted by molar-refractivity contribution is 0.0944. The molecule has 0 bridgehead atoms. The van der Waals surface area contributed by atoms with E-state index in [4.69, 9.17) is 0 Å². The molecule has 0 unspecified atom stereocenters. The maximum absolute atomic E-state index is 12.7. The molecule has 1 amide bonds. The van der Waals surface area contributed by atoms with Crippen LogP contribution in [0.2, 0.25) is 0 Å². The number of aromatic nitrogens is 4. The topological polar surface area (TPSA) is 75.4 Å². The van der Waals surface area contributed by atoms with E-state index in [0.717, 1.165) is 24.2 Å². The van der Waals surface area contributed by atoms with E-state index in [2.05, 4.69) is 57.6 Å². The van der Waals surface area contributed by atoms with Crippen LogP contribution < -0.4 is 10.2 Å². The van der Waals surface area contributed by atoms with Crippen molar-refractivity contribution in [3.05, 3.63) is 53.5 Å². The van der Waals surface area contributed by atoms with Crippen LogP contribution in [0.15, 0.2) is 36.7 Å². The van der Waals surface area contributed by atoms with E-state index >= 15 is 0 Å². The second kappa shape index (κ2) is 7.34. The van der Waals surface area contributed by atoms with Crippen molar-refractivity contribution in [3.8, 4) is 0 Å². The molecule has 140 valence electrons. The molecule has 3 aromatic rings. The quantitative estimate of drug-likeness (QED) is 0.753. The molecule has 1 N–H and O–H groups in total. The van der Waals surface area contributed by atoms with Crippen LogP contribution in [0.1, 0.15) is 54.2 Å². The van der Waals surface area contributed by atoms with E-state index in [0.29, 0.717) is 17.9 Å². The zero-order valence-electron chi connectivity index (χ0n) is 15.7. The average Bonchev–Trinajstić information content (AvgIpc) is 3.36. The molecule has 27 heavy (non-hydrogen) atoms. The summed E-state index contributed by atoms with van der Waals surface area (Å²) in [6.07, 6.45) is 3.98. The Labute approximate surface area is 158 Å². The highest BCUT2D eigenvalue weighted by molar-refractivity contribution is 5.92. The zero-order valence-corrected chi connectivity index (χ0v) is 15.7. The monoisotopic (exact) mass is 364 g/mol. The minimum Gasteiger partial charge on any atom is -0.371 e. The summed E-state index contributed by atoms with van der Waals surface area (Å²) in [5, 5.41) is 15.4. The van der Waals surface area contributed by atoms with E-state index in [1.807, 2.05) is 12.1 Å². The van der Waals surface area contributed by atoms with Gasteiger partial charge in [-0.1, -0.05) is 32.0 Å². The van der Waals surface area contributed by atoms with Crippen LogP contribution in [0.3, 0.4) is 0 Å². The van der Waals surface area contributed by atoms with E-state index in [-0.39, 0.29) is 11.8 Å². The van der Waals surface area contributed by atoms with Crippen molar-refractivity contribution in [2.45, 2.75) is 39.2 Å². The number of nitrogens with zero attached hydrogens (tertiary/aromatic N) is 5. The highest BCUT2D eigenvalue weighted by Gasteiger charge is 2.18. The highest BCUT2D eigenvalue weighted by atomic mass is 16.1. The van der Waals surface area contributed by atoms with Crippen LogP contribution in [-0.2, 0) is 6.54 Å². The van der Waals surface area contributed by atoms with Crippen molar-refractivity contribution >= 4 is 17.2 Å². The van der Waals surface area contributed by atoms with Crippen molar-refractivity contribution in [1.29, 1.82) is 0 Å². The van der Waals surface area contributed by atoms with Gasteiger partial charge in [-0.05, 0) is 36.5 Å². The first-order valence-corrected chi connectivity index (χ1v) is 9.45. The molecule has 1 saturated heterocycles. The Hall–Kier alpha value is -2.96. The van der Waals surface area contributed by atoms with Gasteiger partial charge in [0.05, 0.1) is 0 Å². The molecule has 7 heteroatoms. The summed E-state index contributed by atoms with van der Waals surface area (Å²) >= 11 is 0. The lowest BCUT2D eigenvalue weighted by Gasteiger charge is -2.21. The van der Waals surface area contributed by atoms with Crippen LogP contribution >= 0.6 is 0 Å². The predicted molar refractivity (Wildman–Crippen MR) is 104 cm³/mol. The van der Waals surface area contributed by atoms with Crippen molar-refractivity contribution in [1.82, 2.24) is 25.1 Å². The third-order valence-corrected chi connectivity index (χ3v) is 5.03. The van der Waals surface area contributed by atoms with Crippen molar-refractivity contribution in [3.63, 3.8) is 0 Å². The standard InChI is InChI=1S/C20H24N6O/c1-14(2)16-11-17(24-26-13-22-23-19(16)26)20(27)21-12-15-7-3-4-8-18(15)25-9-5-6-10-25/h3-4,7-8,11,13-14H,5-6,9-10,12H2,1-2H3,(H,21,27). The fourth-order valence-corrected chi connectivity index (χ4v) is 3.58. The molecule has 4 rings (SSSR count). The number of fused-ring (bicyclic) bond motifs is 1. The zero-order chi connectivity index (χ0) is 18.8. The van der Waals surface area contributed by atoms with Gasteiger partial charge in [0, 0.05) is 30.9 Å². The summed E-state index contributed by atoms with van der Waals surface area (Å²) in [6.45, 7) is 6.77. The molecule has 1 aromatic carbocycles. The molecular weight excluding hydrogens is 340 g/mol. The van der Waals surface area contributed by atoms with Gasteiger partial charge in [0.25, 0.3) is 5.91 Å². The summed E-state index contributed by atoms with van der Waals surface area (Å²) in [5.74, 6) is 0.0332. The molecule has 0 radical (unpaired) electrons. The number of amides is 1. The van der Waals surface area contributed by atoms with E-state index in [9.17, 15) is 4.79 Å². The van der Waals surface area contributed by atoms with Crippen molar-refractivity contribution in [2.75, 3.05) is 18.0 Å². The van der Waals surface area contributed by atoms with Gasteiger partial charge in [0.2, 0.25) is 0 Å². The summed E-state index contributed by atoms with van der Waals surface area (Å²) < 4.78 is 1.57. The Morgan fingerprint density at radius 2 is 2.00 bits per heavy atom. The molecule has 2 aromatic heterocycles. The molecule has 0 saturated carbocycles. The van der Waals surface area contributed by atoms with Gasteiger partial charge in [-0.3, -0.25) is 4.79 Å². The highest BCUT2D eigenvalue weighted by Crippen LogP contribution is 2.24. The first kappa shape index (κ1) is 17.5. The van der Waals surface area contributed by atoms with Crippen LogP contribution in [0.4, 0.5) is 5.69 Å². The second-order valence-electron chi connectivity index (χ2n) is 7.24. The van der Waals surface area contributed by atoms with Gasteiger partial charge in [0.1, 0.15) is 12.0 Å². The van der Waals surface area contributed by atoms with Crippen LogP contribution in [-0.4, -0.2) is 38.8 Å². The third-order valence-electron chi connectivity index (χ3n) is 5.03. The van der Waals surface area contributed by atoms with Gasteiger partial charge in [-0.15, -0.1) is 10.2 Å². The summed E-state index contributed by atoms with van der Waals surface area (Å²) in [7, 11) is 0. The van der Waals surface area contributed by atoms with Crippen LogP contribution in [0, 0.1) is 0 Å². The Morgan fingerprint density at radius 3 is 2.78 bits per heavy atom. The molecule has 1 aliphatic rings. The Kier molecular flexibility index (Phi) is 4.75. The molecule has 0 atom stereocenters. The van der Waals surface area contributed by atoms with Gasteiger partial charge in [-0.25, -0.2) is 0 Å². The molecule has 3 heterocycles. The number of carbonyl (C=O) groups is 1. The lowest BCUT2D eigenvalue weighted by Crippen LogP contribution is -2.27. The third kappa shape index (κ3) is 3.49. The van der Waals surface area contributed by atoms with Gasteiger partial charge >= 0.3 is 0 Å². The van der Waals surface area contributed by atoms with Gasteiger partial charge in [-0.2, -0.15) is 9.61 Å². The predicted octanol–water partition coefficient (Wildman–Crippen LogP) is 2.78. The molecule has 7 nitrogen and oxygen atoms in total. The fraction of sp³-hybridized carbons (Fsp3) is 0.400. The Morgan fingerprint density at radius 1 is 1.22 bits per heavy atom. The molecule has 0 aliphatic carbocycles. The number of carbonyl (C=O) groups excluding carboxylic acids is 1. The van der Waals surface area contributed by atoms with E-state index in [1.54, 1.807) is 4.52 Å². The van der Waals surface area contributed by atoms with Crippen LogP contribution in [0.25, 0.3) is 5.65 Å². The average molecular weight is 364 g/mol. The first-order valence-electron chi connectivity index (χ1n) is 9.45. The Balaban J connectivity index is 1.54. The number of hydrogen-bond donors (Lipinski definition) is 1. The molecule has 0 spiro atoms. The summed E-state index contributed by atoms with van der Waals surface area (Å²) in [4.78, 5) is 15.1. The minimum atomic E-state index is -0.191. The number of para-hydroxylation sites is 1. The number of nitrogens with one attached hydrogen (secondary N) is 1. The number of rotatable bonds is 5. The smallest absolute Gasteiger partial charge is 0.272 e. The summed E-state index contributed by atoms with van der Waals surface area (Å²) in [6, 6.07) is 10.1. The van der Waals surface area contributed by atoms with Gasteiger partial charge in [0.15, 0.2) is 5.65 Å². The SMILES string of the molecule is CC(C)c1cc(C(=O)NCc2ccccc2N2CCCC2)nn2cnnc12. The number of hydrogen-bond acceptors (Lipinski definition) is 5. The second-order valence-corrected chi connectivity index (χ2v) is 7.24. The van der Waals surface area contributed by atoms with Crippen molar-refractivity contribution in [2.24, 2.45) is 0 Å².